The number of ether oxygens (including phenoxy) is 2. The molecule has 2 atom stereocenters. The Hall–Kier alpha value is -1.62. The number of pyridine rings is 1. The summed E-state index contributed by atoms with van der Waals surface area (Å²) in [7, 11) is 0. The van der Waals surface area contributed by atoms with Crippen LogP contribution >= 0.6 is 0 Å². The third-order valence-electron chi connectivity index (χ3n) is 3.59. The molecule has 2 rings (SSSR count). The molecule has 1 aromatic heterocycles. The fourth-order valence-corrected chi connectivity index (χ4v) is 2.15. The van der Waals surface area contributed by atoms with Gasteiger partial charge in [-0.1, -0.05) is 0 Å². The van der Waals surface area contributed by atoms with Gasteiger partial charge in [0.2, 0.25) is 0 Å². The molecule has 2 heterocycles. The Labute approximate surface area is 113 Å². The zero-order valence-electron chi connectivity index (χ0n) is 11.6. The lowest BCUT2D eigenvalue weighted by molar-refractivity contribution is 0.0526. The van der Waals surface area contributed by atoms with Gasteiger partial charge in [0.1, 0.15) is 11.4 Å². The first-order chi connectivity index (χ1) is 9.07. The molecule has 2 unspecified atom stereocenters. The fourth-order valence-electron chi connectivity index (χ4n) is 2.15. The van der Waals surface area contributed by atoms with Crippen molar-refractivity contribution in [3.63, 3.8) is 0 Å². The number of rotatable bonds is 4. The average molecular weight is 264 g/mol. The summed E-state index contributed by atoms with van der Waals surface area (Å²) in [6, 6.07) is 3.45. The van der Waals surface area contributed by atoms with Crippen LogP contribution in [0.1, 0.15) is 37.6 Å². The van der Waals surface area contributed by atoms with Crippen molar-refractivity contribution in [3.05, 3.63) is 23.9 Å². The number of carbonyl (C=O) groups is 1. The maximum Gasteiger partial charge on any atom is 0.341 e. The van der Waals surface area contributed by atoms with Crippen molar-refractivity contribution >= 4 is 11.8 Å². The van der Waals surface area contributed by atoms with Gasteiger partial charge in [0.25, 0.3) is 0 Å². The van der Waals surface area contributed by atoms with Crippen molar-refractivity contribution < 1.29 is 14.3 Å². The van der Waals surface area contributed by atoms with Gasteiger partial charge in [0.05, 0.1) is 18.2 Å². The highest BCUT2D eigenvalue weighted by Gasteiger charge is 2.38. The van der Waals surface area contributed by atoms with Crippen LogP contribution in [-0.2, 0) is 9.47 Å². The van der Waals surface area contributed by atoms with E-state index >= 15 is 0 Å². The maximum absolute atomic E-state index is 11.9. The topological polar surface area (TPSA) is 60.5 Å². The van der Waals surface area contributed by atoms with Crippen LogP contribution in [-0.4, -0.2) is 35.8 Å². The van der Waals surface area contributed by atoms with Crippen LogP contribution in [0.2, 0.25) is 0 Å². The molecule has 0 saturated carbocycles. The van der Waals surface area contributed by atoms with Gasteiger partial charge in [-0.25, -0.2) is 9.78 Å². The fraction of sp³-hybridized carbons (Fsp3) is 0.571. The lowest BCUT2D eigenvalue weighted by Crippen LogP contribution is -2.42. The molecule has 0 radical (unpaired) electrons. The maximum atomic E-state index is 11.9. The minimum Gasteiger partial charge on any atom is -0.462 e. The summed E-state index contributed by atoms with van der Waals surface area (Å²) in [5.41, 5.74) is 0.250. The van der Waals surface area contributed by atoms with Crippen LogP contribution < -0.4 is 5.32 Å². The predicted molar refractivity (Wildman–Crippen MR) is 72.3 cm³/mol. The molecule has 1 saturated heterocycles. The third-order valence-corrected chi connectivity index (χ3v) is 3.59. The molecule has 0 amide bonds. The number of esters is 1. The smallest absolute Gasteiger partial charge is 0.341 e. The molecular weight excluding hydrogens is 244 g/mol. The van der Waals surface area contributed by atoms with Crippen molar-refractivity contribution in [1.82, 2.24) is 4.98 Å². The summed E-state index contributed by atoms with van der Waals surface area (Å²) in [4.78, 5) is 16.1. The second-order valence-corrected chi connectivity index (χ2v) is 4.93. The first-order valence-corrected chi connectivity index (χ1v) is 6.59. The summed E-state index contributed by atoms with van der Waals surface area (Å²) in [6.07, 6.45) is 2.62. The number of nitrogens with one attached hydrogen (secondary N) is 1. The summed E-state index contributed by atoms with van der Waals surface area (Å²) in [5, 5.41) is 3.34. The second-order valence-electron chi connectivity index (χ2n) is 4.93. The summed E-state index contributed by atoms with van der Waals surface area (Å²) in [5.74, 6) is 0.203. The molecule has 19 heavy (non-hydrogen) atoms. The zero-order chi connectivity index (χ0) is 13.9. The van der Waals surface area contributed by atoms with Gasteiger partial charge in [-0.3, -0.25) is 0 Å². The SMILES string of the molecule is CCOC(=O)c1cccnc1NC1(C)CCOC1C. The number of anilines is 1. The summed E-state index contributed by atoms with van der Waals surface area (Å²) in [6.45, 7) is 6.95. The highest BCUT2D eigenvalue weighted by molar-refractivity contribution is 5.94. The molecule has 0 spiro atoms. The normalized spacial score (nSPS) is 26.2. The number of hydrogen-bond donors (Lipinski definition) is 1. The minimum atomic E-state index is -0.353. The van der Waals surface area contributed by atoms with Crippen LogP contribution in [0.15, 0.2) is 18.3 Å². The Bertz CT molecular complexity index is 464. The van der Waals surface area contributed by atoms with Crippen LogP contribution in [0.25, 0.3) is 0 Å². The van der Waals surface area contributed by atoms with Gasteiger partial charge in [0.15, 0.2) is 0 Å². The molecule has 5 heteroatoms. The number of aromatic nitrogens is 1. The van der Waals surface area contributed by atoms with Crippen LogP contribution in [0, 0.1) is 0 Å². The van der Waals surface area contributed by atoms with Crippen molar-refractivity contribution in [2.24, 2.45) is 0 Å². The molecule has 1 aliphatic rings. The van der Waals surface area contributed by atoms with E-state index in [4.69, 9.17) is 9.47 Å². The average Bonchev–Trinajstić information content (AvgIpc) is 2.70. The molecule has 1 aliphatic heterocycles. The minimum absolute atomic E-state index is 0.0737. The number of carbonyl (C=O) groups excluding carboxylic acids is 1. The van der Waals surface area contributed by atoms with Gasteiger partial charge in [-0.2, -0.15) is 0 Å². The van der Waals surface area contributed by atoms with Crippen molar-refractivity contribution in [2.45, 2.75) is 38.8 Å². The Kier molecular flexibility index (Phi) is 4.04. The van der Waals surface area contributed by atoms with E-state index in [1.165, 1.54) is 0 Å². The highest BCUT2D eigenvalue weighted by atomic mass is 16.5. The van der Waals surface area contributed by atoms with E-state index < -0.39 is 0 Å². The van der Waals surface area contributed by atoms with E-state index in [0.717, 1.165) is 6.42 Å². The van der Waals surface area contributed by atoms with Crippen LogP contribution in [0.4, 0.5) is 5.82 Å². The first kappa shape index (κ1) is 13.8. The number of nitrogens with zero attached hydrogens (tertiary/aromatic N) is 1. The number of hydrogen-bond acceptors (Lipinski definition) is 5. The monoisotopic (exact) mass is 264 g/mol. The van der Waals surface area contributed by atoms with Gasteiger partial charge in [-0.15, -0.1) is 0 Å². The van der Waals surface area contributed by atoms with E-state index in [-0.39, 0.29) is 17.6 Å². The second kappa shape index (κ2) is 5.57. The van der Waals surface area contributed by atoms with Crippen LogP contribution in [0.3, 0.4) is 0 Å². The lowest BCUT2D eigenvalue weighted by Gasteiger charge is -2.30. The Morgan fingerprint density at radius 2 is 2.47 bits per heavy atom. The first-order valence-electron chi connectivity index (χ1n) is 6.59. The van der Waals surface area contributed by atoms with Crippen molar-refractivity contribution in [2.75, 3.05) is 18.5 Å². The Balaban J connectivity index is 2.23. The van der Waals surface area contributed by atoms with E-state index in [2.05, 4.69) is 17.2 Å². The standard InChI is InChI=1S/C14H20N2O3/c1-4-18-13(17)11-6-5-8-15-12(11)16-14(3)7-9-19-10(14)2/h5-6,8,10H,4,7,9H2,1-3H3,(H,15,16). The van der Waals surface area contributed by atoms with Gasteiger partial charge < -0.3 is 14.8 Å². The Morgan fingerprint density at radius 3 is 3.11 bits per heavy atom. The largest absolute Gasteiger partial charge is 0.462 e. The third kappa shape index (κ3) is 2.87. The van der Waals surface area contributed by atoms with E-state index in [1.807, 2.05) is 6.92 Å². The van der Waals surface area contributed by atoms with E-state index in [9.17, 15) is 4.79 Å². The molecule has 1 N–H and O–H groups in total. The molecule has 104 valence electrons. The molecule has 5 nitrogen and oxygen atoms in total. The molecule has 0 bridgehead atoms. The highest BCUT2D eigenvalue weighted by Crippen LogP contribution is 2.30. The molecular formula is C14H20N2O3. The van der Waals surface area contributed by atoms with E-state index in [1.54, 1.807) is 25.3 Å². The molecule has 1 fully saturated rings. The Morgan fingerprint density at radius 1 is 1.68 bits per heavy atom. The summed E-state index contributed by atoms with van der Waals surface area (Å²) >= 11 is 0. The molecule has 0 aromatic carbocycles. The van der Waals surface area contributed by atoms with Gasteiger partial charge in [-0.05, 0) is 39.3 Å². The van der Waals surface area contributed by atoms with Crippen molar-refractivity contribution in [1.29, 1.82) is 0 Å². The predicted octanol–water partition coefficient (Wildman–Crippen LogP) is 2.24. The quantitative estimate of drug-likeness (QED) is 0.845. The van der Waals surface area contributed by atoms with Gasteiger partial charge in [0, 0.05) is 12.8 Å². The van der Waals surface area contributed by atoms with Gasteiger partial charge >= 0.3 is 5.97 Å². The zero-order valence-corrected chi connectivity index (χ0v) is 11.6. The van der Waals surface area contributed by atoms with E-state index in [0.29, 0.717) is 24.6 Å². The summed E-state index contributed by atoms with van der Waals surface area (Å²) < 4.78 is 10.6. The van der Waals surface area contributed by atoms with Crippen LogP contribution in [0.5, 0.6) is 0 Å². The van der Waals surface area contributed by atoms with Crippen molar-refractivity contribution in [3.8, 4) is 0 Å². The lowest BCUT2D eigenvalue weighted by atomic mass is 9.94. The molecule has 0 aliphatic carbocycles. The molecule has 1 aromatic rings.